The molecule has 0 atom stereocenters. The normalized spacial score (nSPS) is 21.1. The van der Waals surface area contributed by atoms with Crippen molar-refractivity contribution in [2.24, 2.45) is 5.92 Å². The van der Waals surface area contributed by atoms with Crippen LogP contribution in [0.15, 0.2) is 35.6 Å². The van der Waals surface area contributed by atoms with Gasteiger partial charge in [0.25, 0.3) is 5.91 Å². The van der Waals surface area contributed by atoms with Crippen LogP contribution in [0.3, 0.4) is 0 Å². The Morgan fingerprint density at radius 2 is 2.04 bits per heavy atom. The molecule has 2 aliphatic heterocycles. The van der Waals surface area contributed by atoms with Gasteiger partial charge in [0.2, 0.25) is 0 Å². The molecule has 0 unspecified atom stereocenters. The highest BCUT2D eigenvalue weighted by molar-refractivity contribution is 6.04. The van der Waals surface area contributed by atoms with E-state index < -0.39 is 0 Å². The SMILES string of the molecule is CCC1=C(C(=O)Nc2cccc(N3CCN(CC4CC4)CC3)c2)CCCO1. The lowest BCUT2D eigenvalue weighted by Crippen LogP contribution is -2.47. The van der Waals surface area contributed by atoms with Gasteiger partial charge in [-0.1, -0.05) is 13.0 Å². The van der Waals surface area contributed by atoms with Crippen LogP contribution in [-0.4, -0.2) is 50.1 Å². The van der Waals surface area contributed by atoms with Gasteiger partial charge in [-0.3, -0.25) is 9.69 Å². The van der Waals surface area contributed by atoms with E-state index in [1.54, 1.807) is 0 Å². The third kappa shape index (κ3) is 4.64. The van der Waals surface area contributed by atoms with Crippen molar-refractivity contribution in [2.45, 2.75) is 39.0 Å². The molecule has 0 aromatic heterocycles. The molecule has 0 spiro atoms. The molecule has 2 fully saturated rings. The van der Waals surface area contributed by atoms with Gasteiger partial charge in [0.15, 0.2) is 0 Å². The van der Waals surface area contributed by atoms with Gasteiger partial charge >= 0.3 is 0 Å². The second-order valence-corrected chi connectivity index (χ2v) is 7.94. The molecule has 1 saturated carbocycles. The predicted octanol–water partition coefficient (Wildman–Crippen LogP) is 3.63. The number of nitrogens with one attached hydrogen (secondary N) is 1. The number of carbonyl (C=O) groups is 1. The van der Waals surface area contributed by atoms with Gasteiger partial charge in [0.1, 0.15) is 5.76 Å². The monoisotopic (exact) mass is 369 g/mol. The van der Waals surface area contributed by atoms with Crippen molar-refractivity contribution in [3.05, 3.63) is 35.6 Å². The Balaban J connectivity index is 1.37. The number of benzene rings is 1. The fraction of sp³-hybridized carbons (Fsp3) is 0.591. The summed E-state index contributed by atoms with van der Waals surface area (Å²) < 4.78 is 5.67. The molecule has 0 bridgehead atoms. The molecule has 1 N–H and O–H groups in total. The van der Waals surface area contributed by atoms with E-state index in [2.05, 4.69) is 27.2 Å². The molecule has 3 aliphatic rings. The van der Waals surface area contributed by atoms with E-state index in [-0.39, 0.29) is 5.91 Å². The highest BCUT2D eigenvalue weighted by atomic mass is 16.5. The zero-order chi connectivity index (χ0) is 18.6. The Kier molecular flexibility index (Phi) is 5.67. The number of hydrogen-bond acceptors (Lipinski definition) is 4. The molecule has 1 aromatic rings. The van der Waals surface area contributed by atoms with Crippen molar-refractivity contribution >= 4 is 17.3 Å². The minimum absolute atomic E-state index is 0.0158. The number of allylic oxidation sites excluding steroid dienone is 1. The van der Waals surface area contributed by atoms with Crippen LogP contribution in [-0.2, 0) is 9.53 Å². The van der Waals surface area contributed by atoms with Gasteiger partial charge in [-0.05, 0) is 49.8 Å². The number of carbonyl (C=O) groups excluding carboxylic acids is 1. The van der Waals surface area contributed by atoms with Crippen molar-refractivity contribution in [3.63, 3.8) is 0 Å². The van der Waals surface area contributed by atoms with E-state index in [1.165, 1.54) is 25.1 Å². The number of nitrogens with zero attached hydrogens (tertiary/aromatic N) is 2. The fourth-order valence-corrected chi connectivity index (χ4v) is 4.07. The number of anilines is 2. The molecule has 1 amide bonds. The Morgan fingerprint density at radius 3 is 2.78 bits per heavy atom. The summed E-state index contributed by atoms with van der Waals surface area (Å²) in [4.78, 5) is 17.7. The molecule has 2 heterocycles. The third-order valence-electron chi connectivity index (χ3n) is 5.83. The molecule has 0 radical (unpaired) electrons. The van der Waals surface area contributed by atoms with E-state index >= 15 is 0 Å². The summed E-state index contributed by atoms with van der Waals surface area (Å²) in [5, 5.41) is 3.08. The summed E-state index contributed by atoms with van der Waals surface area (Å²) in [6, 6.07) is 8.26. The number of piperazine rings is 1. The highest BCUT2D eigenvalue weighted by Crippen LogP contribution is 2.30. The molecule has 1 saturated heterocycles. The number of ether oxygens (including phenoxy) is 1. The average Bonchev–Trinajstić information content (AvgIpc) is 3.53. The molecule has 146 valence electrons. The van der Waals surface area contributed by atoms with E-state index in [1.807, 2.05) is 19.1 Å². The molecule has 5 nitrogen and oxygen atoms in total. The second-order valence-electron chi connectivity index (χ2n) is 7.94. The first-order chi connectivity index (χ1) is 13.2. The maximum absolute atomic E-state index is 12.7. The van der Waals surface area contributed by atoms with E-state index in [9.17, 15) is 4.79 Å². The van der Waals surface area contributed by atoms with E-state index in [0.29, 0.717) is 0 Å². The largest absolute Gasteiger partial charge is 0.497 e. The Labute approximate surface area is 162 Å². The van der Waals surface area contributed by atoms with Crippen LogP contribution >= 0.6 is 0 Å². The zero-order valence-corrected chi connectivity index (χ0v) is 16.4. The summed E-state index contributed by atoms with van der Waals surface area (Å²) >= 11 is 0. The van der Waals surface area contributed by atoms with Crippen molar-refractivity contribution in [2.75, 3.05) is 49.5 Å². The fourth-order valence-electron chi connectivity index (χ4n) is 4.07. The molecule has 1 aromatic carbocycles. The molecule has 4 rings (SSSR count). The van der Waals surface area contributed by atoms with Crippen LogP contribution in [0.2, 0.25) is 0 Å². The van der Waals surface area contributed by atoms with Crippen LogP contribution < -0.4 is 10.2 Å². The predicted molar refractivity (Wildman–Crippen MR) is 109 cm³/mol. The number of amides is 1. The van der Waals surface area contributed by atoms with E-state index in [4.69, 9.17) is 4.74 Å². The molecule has 5 heteroatoms. The lowest BCUT2D eigenvalue weighted by atomic mass is 10.0. The van der Waals surface area contributed by atoms with Crippen molar-refractivity contribution < 1.29 is 9.53 Å². The van der Waals surface area contributed by atoms with Crippen molar-refractivity contribution in [1.29, 1.82) is 0 Å². The van der Waals surface area contributed by atoms with Crippen LogP contribution in [0.5, 0.6) is 0 Å². The quantitative estimate of drug-likeness (QED) is 0.832. The van der Waals surface area contributed by atoms with Crippen LogP contribution in [0.25, 0.3) is 0 Å². The molecular formula is C22H31N3O2. The van der Waals surface area contributed by atoms with Crippen molar-refractivity contribution in [1.82, 2.24) is 4.90 Å². The number of rotatable bonds is 6. The lowest BCUT2D eigenvalue weighted by molar-refractivity contribution is -0.113. The lowest BCUT2D eigenvalue weighted by Gasteiger charge is -2.36. The Morgan fingerprint density at radius 1 is 1.22 bits per heavy atom. The van der Waals surface area contributed by atoms with Gasteiger partial charge in [0.05, 0.1) is 12.2 Å². The zero-order valence-electron chi connectivity index (χ0n) is 16.4. The maximum Gasteiger partial charge on any atom is 0.254 e. The van der Waals surface area contributed by atoms with Crippen LogP contribution in [0, 0.1) is 5.92 Å². The Hall–Kier alpha value is -2.01. The average molecular weight is 370 g/mol. The summed E-state index contributed by atoms with van der Waals surface area (Å²) in [5.74, 6) is 1.79. The van der Waals surface area contributed by atoms with Gasteiger partial charge in [-0.25, -0.2) is 0 Å². The smallest absolute Gasteiger partial charge is 0.254 e. The topological polar surface area (TPSA) is 44.8 Å². The van der Waals surface area contributed by atoms with Crippen molar-refractivity contribution in [3.8, 4) is 0 Å². The third-order valence-corrected chi connectivity index (χ3v) is 5.83. The highest BCUT2D eigenvalue weighted by Gasteiger charge is 2.26. The first kappa shape index (κ1) is 18.4. The molecule has 1 aliphatic carbocycles. The summed E-state index contributed by atoms with van der Waals surface area (Å²) in [5.41, 5.74) is 2.87. The van der Waals surface area contributed by atoms with Gasteiger partial charge < -0.3 is 15.0 Å². The Bertz CT molecular complexity index is 703. The first-order valence-corrected chi connectivity index (χ1v) is 10.5. The molecular weight excluding hydrogens is 338 g/mol. The van der Waals surface area contributed by atoms with Gasteiger partial charge in [-0.15, -0.1) is 0 Å². The molecule has 27 heavy (non-hydrogen) atoms. The van der Waals surface area contributed by atoms with Crippen LogP contribution in [0.1, 0.15) is 39.0 Å². The van der Waals surface area contributed by atoms with Crippen LogP contribution in [0.4, 0.5) is 11.4 Å². The summed E-state index contributed by atoms with van der Waals surface area (Å²) in [6.07, 6.45) is 5.33. The minimum Gasteiger partial charge on any atom is -0.497 e. The summed E-state index contributed by atoms with van der Waals surface area (Å²) in [6.45, 7) is 8.43. The summed E-state index contributed by atoms with van der Waals surface area (Å²) in [7, 11) is 0. The number of hydrogen-bond donors (Lipinski definition) is 1. The van der Waals surface area contributed by atoms with E-state index in [0.717, 1.165) is 75.0 Å². The first-order valence-electron chi connectivity index (χ1n) is 10.5. The minimum atomic E-state index is -0.0158. The maximum atomic E-state index is 12.7. The van der Waals surface area contributed by atoms with Gasteiger partial charge in [0, 0.05) is 50.5 Å². The standard InChI is InChI=1S/C22H31N3O2/c1-2-21-20(7-4-14-27-21)22(26)23-18-5-3-6-19(15-18)25-12-10-24(11-13-25)16-17-8-9-17/h3,5-6,15,17H,2,4,7-14,16H2,1H3,(H,23,26). The second kappa shape index (κ2) is 8.34. The van der Waals surface area contributed by atoms with Gasteiger partial charge in [-0.2, -0.15) is 0 Å².